The number of amides is 1. The van der Waals surface area contributed by atoms with Crippen LogP contribution in [0.5, 0.6) is 0 Å². The summed E-state index contributed by atoms with van der Waals surface area (Å²) in [5.74, 6) is -0.0987. The molecular formula is C17H24N4O4. The monoisotopic (exact) mass is 348 g/mol. The molecule has 1 aliphatic carbocycles. The van der Waals surface area contributed by atoms with E-state index in [0.717, 1.165) is 32.4 Å². The molecule has 1 saturated heterocycles. The Kier molecular flexibility index (Phi) is 4.30. The van der Waals surface area contributed by atoms with Gasteiger partial charge in [-0.05, 0) is 40.0 Å². The van der Waals surface area contributed by atoms with E-state index in [2.05, 4.69) is 20.2 Å². The number of carboxylic acid groups (broad SMARTS) is 1. The van der Waals surface area contributed by atoms with Gasteiger partial charge in [0.1, 0.15) is 11.4 Å². The van der Waals surface area contributed by atoms with E-state index in [1.807, 2.05) is 20.8 Å². The number of nitrogens with zero attached hydrogens (tertiary/aromatic N) is 3. The van der Waals surface area contributed by atoms with E-state index in [-0.39, 0.29) is 17.3 Å². The van der Waals surface area contributed by atoms with Gasteiger partial charge in [0.25, 0.3) is 0 Å². The number of carboxylic acids is 1. The molecule has 1 aliphatic heterocycles. The fraction of sp³-hybridized carbons (Fsp3) is 0.647. The van der Waals surface area contributed by atoms with Crippen molar-refractivity contribution in [2.45, 2.75) is 51.2 Å². The van der Waals surface area contributed by atoms with Crippen LogP contribution >= 0.6 is 0 Å². The first-order valence-corrected chi connectivity index (χ1v) is 8.50. The minimum absolute atomic E-state index is 0.0650. The van der Waals surface area contributed by atoms with Gasteiger partial charge in [-0.15, -0.1) is 0 Å². The first-order chi connectivity index (χ1) is 11.7. The van der Waals surface area contributed by atoms with Crippen molar-refractivity contribution < 1.29 is 19.4 Å². The lowest BCUT2D eigenvalue weighted by Gasteiger charge is -2.27. The van der Waals surface area contributed by atoms with Crippen molar-refractivity contribution in [2.24, 2.45) is 5.92 Å². The summed E-state index contributed by atoms with van der Waals surface area (Å²) >= 11 is 0. The van der Waals surface area contributed by atoms with Crippen LogP contribution in [0.4, 0.5) is 10.6 Å². The lowest BCUT2D eigenvalue weighted by Crippen LogP contribution is -2.45. The van der Waals surface area contributed by atoms with Gasteiger partial charge < -0.3 is 20.1 Å². The summed E-state index contributed by atoms with van der Waals surface area (Å²) < 4.78 is 5.38. The van der Waals surface area contributed by atoms with Crippen LogP contribution in [0.25, 0.3) is 0 Å². The predicted octanol–water partition coefficient (Wildman–Crippen LogP) is 2.06. The number of nitrogens with one attached hydrogen (secondary N) is 1. The van der Waals surface area contributed by atoms with Crippen molar-refractivity contribution in [3.63, 3.8) is 0 Å². The maximum Gasteiger partial charge on any atom is 0.408 e. The average molecular weight is 348 g/mol. The normalized spacial score (nSPS) is 21.7. The van der Waals surface area contributed by atoms with Crippen molar-refractivity contribution in [1.29, 1.82) is 0 Å². The molecule has 2 heterocycles. The Hall–Kier alpha value is -2.38. The molecule has 2 fully saturated rings. The van der Waals surface area contributed by atoms with E-state index in [1.165, 1.54) is 12.4 Å². The summed E-state index contributed by atoms with van der Waals surface area (Å²) in [7, 11) is 0. The van der Waals surface area contributed by atoms with Gasteiger partial charge in [0, 0.05) is 24.5 Å². The largest absolute Gasteiger partial charge is 0.476 e. The zero-order chi connectivity index (χ0) is 18.2. The third kappa shape index (κ3) is 4.00. The highest BCUT2D eigenvalue weighted by molar-refractivity contribution is 5.84. The van der Waals surface area contributed by atoms with Crippen LogP contribution in [0.1, 0.15) is 50.5 Å². The molecule has 2 N–H and O–H groups in total. The molecule has 0 radical (unpaired) electrons. The summed E-state index contributed by atoms with van der Waals surface area (Å²) in [5, 5.41) is 12.0. The van der Waals surface area contributed by atoms with Crippen LogP contribution in [0, 0.1) is 5.92 Å². The van der Waals surface area contributed by atoms with E-state index in [0.29, 0.717) is 11.7 Å². The Morgan fingerprint density at radius 1 is 1.32 bits per heavy atom. The number of rotatable bonds is 4. The van der Waals surface area contributed by atoms with E-state index in [9.17, 15) is 9.59 Å². The van der Waals surface area contributed by atoms with Crippen LogP contribution < -0.4 is 10.2 Å². The summed E-state index contributed by atoms with van der Waals surface area (Å²) in [4.78, 5) is 33.2. The van der Waals surface area contributed by atoms with Crippen LogP contribution in [-0.2, 0) is 4.74 Å². The summed E-state index contributed by atoms with van der Waals surface area (Å²) in [6, 6.07) is 0. The standard InChI is InChI=1S/C17H24N4O4/c1-16(2,3)25-15(24)20-17(5-6-17)11-4-7-21(10-11)13-9-18-12(8-19-13)14(22)23/h8-9,11H,4-7,10H2,1-3H3,(H,20,24)(H,22,23). The SMILES string of the molecule is CC(C)(C)OC(=O)NC1(C2CCN(c3cnc(C(=O)O)cn3)C2)CC1. The van der Waals surface area contributed by atoms with Crippen LogP contribution in [0.3, 0.4) is 0 Å². The second-order valence-electron chi connectivity index (χ2n) is 7.78. The molecule has 136 valence electrons. The van der Waals surface area contributed by atoms with Gasteiger partial charge in [0.2, 0.25) is 0 Å². The van der Waals surface area contributed by atoms with E-state index < -0.39 is 11.6 Å². The quantitative estimate of drug-likeness (QED) is 0.858. The van der Waals surface area contributed by atoms with E-state index in [4.69, 9.17) is 9.84 Å². The van der Waals surface area contributed by atoms with Crippen molar-refractivity contribution in [3.05, 3.63) is 18.1 Å². The van der Waals surface area contributed by atoms with Gasteiger partial charge in [-0.1, -0.05) is 0 Å². The van der Waals surface area contributed by atoms with Gasteiger partial charge in [0.05, 0.1) is 12.4 Å². The molecule has 0 aromatic carbocycles. The molecule has 1 aromatic heterocycles. The molecule has 1 amide bonds. The van der Waals surface area contributed by atoms with Crippen molar-refractivity contribution in [2.75, 3.05) is 18.0 Å². The lowest BCUT2D eigenvalue weighted by molar-refractivity contribution is 0.0477. The molecule has 2 aliphatic rings. The molecule has 8 heteroatoms. The van der Waals surface area contributed by atoms with Gasteiger partial charge in [-0.3, -0.25) is 0 Å². The Labute approximate surface area is 146 Å². The summed E-state index contributed by atoms with van der Waals surface area (Å²) in [5.41, 5.74) is -0.765. The molecule has 1 atom stereocenters. The molecule has 8 nitrogen and oxygen atoms in total. The lowest BCUT2D eigenvalue weighted by atomic mass is 9.96. The summed E-state index contributed by atoms with van der Waals surface area (Å²) in [6.45, 7) is 7.12. The number of carbonyl (C=O) groups excluding carboxylic acids is 1. The van der Waals surface area contributed by atoms with E-state index in [1.54, 1.807) is 0 Å². The Morgan fingerprint density at radius 2 is 2.04 bits per heavy atom. The highest BCUT2D eigenvalue weighted by Crippen LogP contribution is 2.46. The molecule has 25 heavy (non-hydrogen) atoms. The van der Waals surface area contributed by atoms with E-state index >= 15 is 0 Å². The molecule has 1 aromatic rings. The number of aromatic nitrogens is 2. The van der Waals surface area contributed by atoms with Gasteiger partial charge in [-0.25, -0.2) is 19.6 Å². The number of aromatic carboxylic acids is 1. The second kappa shape index (κ2) is 6.16. The van der Waals surface area contributed by atoms with Crippen molar-refractivity contribution in [1.82, 2.24) is 15.3 Å². The number of anilines is 1. The highest BCUT2D eigenvalue weighted by Gasteiger charge is 2.53. The van der Waals surface area contributed by atoms with Crippen LogP contribution in [0.2, 0.25) is 0 Å². The average Bonchev–Trinajstić information content (AvgIpc) is 3.10. The Bertz CT molecular complexity index is 664. The minimum atomic E-state index is -1.09. The number of ether oxygens (including phenoxy) is 1. The van der Waals surface area contributed by atoms with Gasteiger partial charge in [-0.2, -0.15) is 0 Å². The molecular weight excluding hydrogens is 324 g/mol. The second-order valence-corrected chi connectivity index (χ2v) is 7.78. The maximum absolute atomic E-state index is 12.1. The number of hydrogen-bond donors (Lipinski definition) is 2. The molecule has 1 saturated carbocycles. The first kappa shape index (κ1) is 17.4. The summed E-state index contributed by atoms with van der Waals surface area (Å²) in [6.07, 6.45) is 5.25. The fourth-order valence-electron chi connectivity index (χ4n) is 3.29. The molecule has 1 unspecified atom stereocenters. The highest BCUT2D eigenvalue weighted by atomic mass is 16.6. The molecule has 3 rings (SSSR count). The topological polar surface area (TPSA) is 105 Å². The number of carbonyl (C=O) groups is 2. The molecule has 0 bridgehead atoms. The van der Waals surface area contributed by atoms with Gasteiger partial charge in [0.15, 0.2) is 5.69 Å². The Morgan fingerprint density at radius 3 is 2.56 bits per heavy atom. The zero-order valence-electron chi connectivity index (χ0n) is 14.8. The fourth-order valence-corrected chi connectivity index (χ4v) is 3.29. The maximum atomic E-state index is 12.1. The van der Waals surface area contributed by atoms with Crippen molar-refractivity contribution in [3.8, 4) is 0 Å². The first-order valence-electron chi connectivity index (χ1n) is 8.50. The third-order valence-corrected chi connectivity index (χ3v) is 4.69. The number of alkyl carbamates (subject to hydrolysis) is 1. The van der Waals surface area contributed by atoms with Crippen LogP contribution in [0.15, 0.2) is 12.4 Å². The predicted molar refractivity (Wildman–Crippen MR) is 90.6 cm³/mol. The minimum Gasteiger partial charge on any atom is -0.476 e. The van der Waals surface area contributed by atoms with Crippen molar-refractivity contribution >= 4 is 17.9 Å². The number of hydrogen-bond acceptors (Lipinski definition) is 6. The smallest absolute Gasteiger partial charge is 0.408 e. The third-order valence-electron chi connectivity index (χ3n) is 4.69. The van der Waals surface area contributed by atoms with Gasteiger partial charge >= 0.3 is 12.1 Å². The van der Waals surface area contributed by atoms with Crippen LogP contribution in [-0.4, -0.2) is 51.4 Å². The zero-order valence-corrected chi connectivity index (χ0v) is 14.8. The Balaban J connectivity index is 1.60. The molecule has 0 spiro atoms.